The van der Waals surface area contributed by atoms with Crippen molar-refractivity contribution in [1.29, 1.82) is 0 Å². The number of rotatable bonds is 4. The predicted octanol–water partition coefficient (Wildman–Crippen LogP) is 1.13. The molecule has 0 aromatic rings. The molecule has 20 heavy (non-hydrogen) atoms. The van der Waals surface area contributed by atoms with E-state index in [4.69, 9.17) is 4.74 Å². The molecule has 0 amide bonds. The molecule has 0 radical (unpaired) electrons. The molecule has 1 N–H and O–H groups in total. The molecule has 114 valence electrons. The summed E-state index contributed by atoms with van der Waals surface area (Å²) in [6, 6.07) is 0. The largest absolute Gasteiger partial charge is 0.464 e. The fourth-order valence-electron chi connectivity index (χ4n) is 3.57. The van der Waals surface area contributed by atoms with E-state index in [1.807, 2.05) is 0 Å². The highest BCUT2D eigenvalue weighted by Gasteiger charge is 2.45. The van der Waals surface area contributed by atoms with Gasteiger partial charge in [-0.05, 0) is 40.5 Å². The monoisotopic (exact) mass is 283 g/mol. The lowest BCUT2D eigenvalue weighted by molar-refractivity contribution is -0.149. The molecule has 0 bridgehead atoms. The Balaban J connectivity index is 1.89. The van der Waals surface area contributed by atoms with Crippen LogP contribution in [0, 0.1) is 5.92 Å². The summed E-state index contributed by atoms with van der Waals surface area (Å²) in [7, 11) is 0. The third-order valence-corrected chi connectivity index (χ3v) is 4.41. The number of nitrogens with zero attached hydrogens (tertiary/aromatic N) is 1. The van der Waals surface area contributed by atoms with E-state index in [9.17, 15) is 14.7 Å². The van der Waals surface area contributed by atoms with E-state index < -0.39 is 5.92 Å². The van der Waals surface area contributed by atoms with Gasteiger partial charge in [0.25, 0.3) is 0 Å². The average Bonchev–Trinajstić information content (AvgIpc) is 2.97. The van der Waals surface area contributed by atoms with Crippen molar-refractivity contribution in [3.63, 3.8) is 0 Å². The summed E-state index contributed by atoms with van der Waals surface area (Å²) in [6.45, 7) is 9.32. The highest BCUT2D eigenvalue weighted by atomic mass is 16.5. The average molecular weight is 283 g/mol. The van der Waals surface area contributed by atoms with E-state index in [0.29, 0.717) is 32.4 Å². The van der Waals surface area contributed by atoms with Crippen LogP contribution in [-0.4, -0.2) is 52.1 Å². The maximum Gasteiger partial charge on any atom is 0.316 e. The zero-order valence-electron chi connectivity index (χ0n) is 12.8. The lowest BCUT2D eigenvalue weighted by atomic mass is 9.78. The van der Waals surface area contributed by atoms with Crippen molar-refractivity contribution >= 4 is 11.8 Å². The van der Waals surface area contributed by atoms with E-state index in [-0.39, 0.29) is 28.9 Å². The van der Waals surface area contributed by atoms with Gasteiger partial charge in [-0.3, -0.25) is 14.5 Å². The van der Waals surface area contributed by atoms with Gasteiger partial charge in [-0.1, -0.05) is 0 Å². The maximum atomic E-state index is 11.5. The topological polar surface area (TPSA) is 66.8 Å². The number of hydrogen-bond donors (Lipinski definition) is 1. The maximum absolute atomic E-state index is 11.5. The van der Waals surface area contributed by atoms with Crippen molar-refractivity contribution in [1.82, 2.24) is 4.90 Å². The number of hydrogen-bond acceptors (Lipinski definition) is 5. The molecule has 1 aliphatic heterocycles. The molecule has 2 fully saturated rings. The lowest BCUT2D eigenvalue weighted by Crippen LogP contribution is -2.62. The Morgan fingerprint density at radius 1 is 1.30 bits per heavy atom. The van der Waals surface area contributed by atoms with Gasteiger partial charge in [0.05, 0.1) is 6.10 Å². The number of aliphatic hydroxyl groups excluding tert-OH is 1. The molecule has 2 rings (SSSR count). The van der Waals surface area contributed by atoms with Gasteiger partial charge < -0.3 is 9.84 Å². The Bertz CT molecular complexity index is 398. The quantitative estimate of drug-likeness (QED) is 0.619. The molecule has 0 aromatic heterocycles. The lowest BCUT2D eigenvalue weighted by Gasteiger charge is -2.54. The fraction of sp³-hybridized carbons (Fsp3) is 0.867. The van der Waals surface area contributed by atoms with Crippen molar-refractivity contribution in [2.45, 2.75) is 64.1 Å². The van der Waals surface area contributed by atoms with Gasteiger partial charge in [-0.15, -0.1) is 0 Å². The molecule has 0 spiro atoms. The Morgan fingerprint density at radius 3 is 2.25 bits per heavy atom. The Kier molecular flexibility index (Phi) is 3.95. The number of likely N-dealkylation sites (tertiary alicyclic amines) is 1. The Labute approximate surface area is 120 Å². The third kappa shape index (κ3) is 3.20. The van der Waals surface area contributed by atoms with Crippen LogP contribution in [0.4, 0.5) is 0 Å². The summed E-state index contributed by atoms with van der Waals surface area (Å²) in [5.41, 5.74) is -0.272. The van der Waals surface area contributed by atoms with Gasteiger partial charge >= 0.3 is 5.97 Å². The second-order valence-corrected chi connectivity index (χ2v) is 7.23. The van der Waals surface area contributed by atoms with Crippen LogP contribution in [0.1, 0.15) is 47.0 Å². The van der Waals surface area contributed by atoms with Gasteiger partial charge in [0, 0.05) is 24.0 Å². The highest BCUT2D eigenvalue weighted by Crippen LogP contribution is 2.38. The summed E-state index contributed by atoms with van der Waals surface area (Å²) >= 11 is 0. The first kappa shape index (κ1) is 15.4. The van der Waals surface area contributed by atoms with Crippen LogP contribution in [0.25, 0.3) is 0 Å². The third-order valence-electron chi connectivity index (χ3n) is 4.41. The minimum absolute atomic E-state index is 0.0169. The number of ether oxygens (including phenoxy) is 1. The number of aliphatic hydroxyl groups is 1. The summed E-state index contributed by atoms with van der Waals surface area (Å²) < 4.78 is 5.19. The number of carbonyl (C=O) groups excluding carboxylic acids is 2. The normalized spacial score (nSPS) is 29.2. The van der Waals surface area contributed by atoms with Crippen molar-refractivity contribution in [3.05, 3.63) is 0 Å². The second kappa shape index (κ2) is 5.11. The number of Topliss-reactive ketones (excluding diaryl/α,β-unsaturated/α-hetero) is 1. The first-order chi connectivity index (χ1) is 9.13. The van der Waals surface area contributed by atoms with Crippen molar-refractivity contribution < 1.29 is 19.4 Å². The number of ketones is 1. The van der Waals surface area contributed by atoms with Gasteiger partial charge in [-0.25, -0.2) is 0 Å². The summed E-state index contributed by atoms with van der Waals surface area (Å²) in [5, 5.41) is 9.97. The van der Waals surface area contributed by atoms with Crippen LogP contribution in [0.3, 0.4) is 0 Å². The molecule has 1 unspecified atom stereocenters. The van der Waals surface area contributed by atoms with E-state index in [0.717, 1.165) is 0 Å². The van der Waals surface area contributed by atoms with Crippen molar-refractivity contribution in [2.75, 3.05) is 13.2 Å². The first-order valence-corrected chi connectivity index (χ1v) is 7.29. The van der Waals surface area contributed by atoms with Crippen LogP contribution < -0.4 is 0 Å². The molecule has 1 saturated carbocycles. The molecule has 1 saturated heterocycles. The van der Waals surface area contributed by atoms with Crippen LogP contribution in [0.15, 0.2) is 0 Å². The van der Waals surface area contributed by atoms with E-state index in [2.05, 4.69) is 32.6 Å². The predicted molar refractivity (Wildman–Crippen MR) is 74.2 cm³/mol. The Hall–Kier alpha value is -0.940. The smallest absolute Gasteiger partial charge is 0.316 e. The van der Waals surface area contributed by atoms with E-state index in [1.54, 1.807) is 0 Å². The summed E-state index contributed by atoms with van der Waals surface area (Å²) in [6.07, 6.45) is 1.48. The highest BCUT2D eigenvalue weighted by molar-refractivity contribution is 6.12. The fourth-order valence-corrected chi connectivity index (χ4v) is 3.57. The van der Waals surface area contributed by atoms with Crippen LogP contribution in [0.2, 0.25) is 0 Å². The molecule has 1 atom stereocenters. The minimum atomic E-state index is -0.501. The first-order valence-electron chi connectivity index (χ1n) is 7.29. The zero-order chi connectivity index (χ0) is 15.1. The second-order valence-electron chi connectivity index (χ2n) is 7.23. The molecule has 2 aliphatic rings. The summed E-state index contributed by atoms with van der Waals surface area (Å²) in [5.74, 6) is -0.904. The van der Waals surface area contributed by atoms with Crippen molar-refractivity contribution in [3.8, 4) is 0 Å². The SMILES string of the molecule is CC1(C)CC(O)CC(C)(C)N1CCOC(=O)C1CC1=O. The van der Waals surface area contributed by atoms with Crippen LogP contribution >= 0.6 is 0 Å². The molecule has 5 heteroatoms. The van der Waals surface area contributed by atoms with Crippen molar-refractivity contribution in [2.24, 2.45) is 5.92 Å². The molecule has 0 aromatic carbocycles. The van der Waals surface area contributed by atoms with Gasteiger partial charge in [0.2, 0.25) is 0 Å². The van der Waals surface area contributed by atoms with E-state index >= 15 is 0 Å². The van der Waals surface area contributed by atoms with Crippen LogP contribution in [0.5, 0.6) is 0 Å². The summed E-state index contributed by atoms with van der Waals surface area (Å²) in [4.78, 5) is 24.7. The number of esters is 1. The number of piperidine rings is 1. The Morgan fingerprint density at radius 2 is 1.80 bits per heavy atom. The van der Waals surface area contributed by atoms with Gasteiger partial charge in [0.1, 0.15) is 18.3 Å². The molecular weight excluding hydrogens is 258 g/mol. The standard InChI is InChI=1S/C15H25NO4/c1-14(2)8-10(17)9-15(3,4)16(14)5-6-20-13(19)11-7-12(11)18/h10-11,17H,5-9H2,1-4H3. The van der Waals surface area contributed by atoms with Gasteiger partial charge in [0.15, 0.2) is 0 Å². The zero-order valence-corrected chi connectivity index (χ0v) is 12.8. The van der Waals surface area contributed by atoms with Crippen LogP contribution in [-0.2, 0) is 14.3 Å². The van der Waals surface area contributed by atoms with E-state index in [1.165, 1.54) is 0 Å². The number of carbonyl (C=O) groups is 2. The molecule has 1 aliphatic carbocycles. The molecule has 1 heterocycles. The minimum Gasteiger partial charge on any atom is -0.464 e. The van der Waals surface area contributed by atoms with Gasteiger partial charge in [-0.2, -0.15) is 0 Å². The molecule has 5 nitrogen and oxygen atoms in total. The molecular formula is C15H25NO4.